The molecule has 1 amide bonds. The average Bonchev–Trinajstić information content (AvgIpc) is 3.09. The molecule has 0 aliphatic heterocycles. The third-order valence-corrected chi connectivity index (χ3v) is 5.68. The predicted octanol–water partition coefficient (Wildman–Crippen LogP) is 4.89. The fourth-order valence-electron chi connectivity index (χ4n) is 2.71. The Labute approximate surface area is 173 Å². The first-order valence-electron chi connectivity index (χ1n) is 8.78. The summed E-state index contributed by atoms with van der Waals surface area (Å²) in [6.07, 6.45) is 3.82. The summed E-state index contributed by atoms with van der Waals surface area (Å²) in [5.41, 5.74) is 2.96. The summed E-state index contributed by atoms with van der Waals surface area (Å²) < 4.78 is 1.98. The highest BCUT2D eigenvalue weighted by Crippen LogP contribution is 2.25. The van der Waals surface area contributed by atoms with Crippen LogP contribution in [0.3, 0.4) is 0 Å². The van der Waals surface area contributed by atoms with Crippen LogP contribution in [0.1, 0.15) is 5.56 Å². The van der Waals surface area contributed by atoms with E-state index < -0.39 is 0 Å². The zero-order chi connectivity index (χ0) is 19.9. The molecule has 5 nitrogen and oxygen atoms in total. The smallest absolute Gasteiger partial charge is 0.234 e. The molecule has 1 N–H and O–H groups in total. The Morgan fingerprint density at radius 2 is 2.04 bits per heavy atom. The van der Waals surface area contributed by atoms with Gasteiger partial charge in [-0.2, -0.15) is 0 Å². The normalized spacial score (nSPS) is 10.6. The Hall–Kier alpha value is -2.51. The summed E-state index contributed by atoms with van der Waals surface area (Å²) in [6.45, 7) is 6.45. The number of hydrogen-bond donors (Lipinski definition) is 1. The van der Waals surface area contributed by atoms with Crippen LogP contribution in [0.2, 0.25) is 0 Å². The van der Waals surface area contributed by atoms with Crippen LogP contribution in [0.4, 0.5) is 5.69 Å². The molecule has 3 rings (SSSR count). The number of nitrogens with one attached hydrogen (secondary N) is 1. The molecule has 0 saturated heterocycles. The Morgan fingerprint density at radius 3 is 2.79 bits per heavy atom. The van der Waals surface area contributed by atoms with E-state index in [0.717, 1.165) is 27.5 Å². The van der Waals surface area contributed by atoms with Gasteiger partial charge in [0.15, 0.2) is 11.0 Å². The minimum atomic E-state index is -0.0755. The number of amides is 1. The summed E-state index contributed by atoms with van der Waals surface area (Å²) in [6, 6.07) is 15.9. The van der Waals surface area contributed by atoms with Crippen LogP contribution in [-0.2, 0) is 11.3 Å². The lowest BCUT2D eigenvalue weighted by Gasteiger charge is -2.09. The summed E-state index contributed by atoms with van der Waals surface area (Å²) in [7, 11) is 0. The van der Waals surface area contributed by atoms with Crippen LogP contribution in [0.15, 0.2) is 71.2 Å². The molecule has 0 atom stereocenters. The number of hydrogen-bond acceptors (Lipinski definition) is 5. The molecule has 0 saturated carbocycles. The van der Waals surface area contributed by atoms with Gasteiger partial charge in [-0.05, 0) is 37.4 Å². The van der Waals surface area contributed by atoms with E-state index in [1.165, 1.54) is 11.8 Å². The highest BCUT2D eigenvalue weighted by Gasteiger charge is 2.15. The summed E-state index contributed by atoms with van der Waals surface area (Å²) >= 11 is 3.01. The van der Waals surface area contributed by atoms with Crippen molar-refractivity contribution in [2.75, 3.05) is 17.3 Å². The van der Waals surface area contributed by atoms with Gasteiger partial charge in [0, 0.05) is 22.7 Å². The quantitative estimate of drug-likeness (QED) is 0.423. The number of allylic oxidation sites excluding steroid dienone is 1. The Bertz CT molecular complexity index is 984. The molecular weight excluding hydrogens is 388 g/mol. The van der Waals surface area contributed by atoms with Crippen molar-refractivity contribution >= 4 is 35.1 Å². The van der Waals surface area contributed by atoms with E-state index in [2.05, 4.69) is 28.2 Å². The Balaban J connectivity index is 1.71. The van der Waals surface area contributed by atoms with E-state index in [1.807, 2.05) is 60.2 Å². The fraction of sp³-hybridized carbons (Fsp3) is 0.190. The van der Waals surface area contributed by atoms with Crippen LogP contribution in [0.25, 0.3) is 11.4 Å². The number of anilines is 1. The highest BCUT2D eigenvalue weighted by atomic mass is 32.2. The number of aryl methyl sites for hydroxylation is 1. The SMILES string of the molecule is C=CCn1c(SCC(=O)Nc2cccc(SC)c2)nnc1-c1cccc(C)c1. The minimum Gasteiger partial charge on any atom is -0.325 e. The van der Waals surface area contributed by atoms with Gasteiger partial charge in [0.05, 0.1) is 5.75 Å². The largest absolute Gasteiger partial charge is 0.325 e. The number of thioether (sulfide) groups is 2. The maximum Gasteiger partial charge on any atom is 0.234 e. The number of carbonyl (C=O) groups excluding carboxylic acids is 1. The molecule has 0 fully saturated rings. The molecule has 0 aliphatic carbocycles. The molecule has 0 aliphatic rings. The van der Waals surface area contributed by atoms with Crippen LogP contribution in [0.5, 0.6) is 0 Å². The highest BCUT2D eigenvalue weighted by molar-refractivity contribution is 7.99. The number of rotatable bonds is 8. The third kappa shape index (κ3) is 5.05. The summed E-state index contributed by atoms with van der Waals surface area (Å²) in [4.78, 5) is 13.5. The number of aromatic nitrogens is 3. The second-order valence-corrected chi connectivity index (χ2v) is 7.97. The standard InChI is InChI=1S/C21H22N4OS2/c1-4-11-25-20(16-8-5-7-15(2)12-16)23-24-21(25)28-14-19(26)22-17-9-6-10-18(13-17)27-3/h4-10,12-13H,1,11,14H2,2-3H3,(H,22,26). The van der Waals surface area contributed by atoms with E-state index in [-0.39, 0.29) is 11.7 Å². The maximum absolute atomic E-state index is 12.4. The first-order chi connectivity index (χ1) is 13.6. The third-order valence-electron chi connectivity index (χ3n) is 3.99. The summed E-state index contributed by atoms with van der Waals surface area (Å²) in [5, 5.41) is 12.3. The van der Waals surface area contributed by atoms with Gasteiger partial charge in [0.2, 0.25) is 5.91 Å². The molecule has 7 heteroatoms. The van der Waals surface area contributed by atoms with Gasteiger partial charge in [0.1, 0.15) is 0 Å². The zero-order valence-corrected chi connectivity index (χ0v) is 17.5. The molecule has 144 valence electrons. The molecule has 2 aromatic carbocycles. The molecular formula is C21H22N4OS2. The average molecular weight is 411 g/mol. The lowest BCUT2D eigenvalue weighted by molar-refractivity contribution is -0.113. The number of nitrogens with zero attached hydrogens (tertiary/aromatic N) is 3. The van der Waals surface area contributed by atoms with Crippen molar-refractivity contribution in [2.24, 2.45) is 0 Å². The lowest BCUT2D eigenvalue weighted by Crippen LogP contribution is -2.14. The Morgan fingerprint density at radius 1 is 1.21 bits per heavy atom. The van der Waals surface area contributed by atoms with E-state index >= 15 is 0 Å². The second-order valence-electron chi connectivity index (χ2n) is 6.14. The number of benzene rings is 2. The summed E-state index contributed by atoms with van der Waals surface area (Å²) in [5.74, 6) is 0.958. The molecule has 0 unspecified atom stereocenters. The zero-order valence-electron chi connectivity index (χ0n) is 15.9. The van der Waals surface area contributed by atoms with Crippen LogP contribution in [0, 0.1) is 6.92 Å². The monoisotopic (exact) mass is 410 g/mol. The van der Waals surface area contributed by atoms with Crippen molar-refractivity contribution in [3.05, 3.63) is 66.7 Å². The van der Waals surface area contributed by atoms with Crippen molar-refractivity contribution < 1.29 is 4.79 Å². The van der Waals surface area contributed by atoms with Crippen LogP contribution < -0.4 is 5.32 Å². The van der Waals surface area contributed by atoms with E-state index in [9.17, 15) is 4.79 Å². The van der Waals surface area contributed by atoms with E-state index in [4.69, 9.17) is 0 Å². The van der Waals surface area contributed by atoms with Gasteiger partial charge in [0.25, 0.3) is 0 Å². The number of carbonyl (C=O) groups is 1. The Kier molecular flexibility index (Phi) is 6.95. The molecule has 0 spiro atoms. The lowest BCUT2D eigenvalue weighted by atomic mass is 10.1. The van der Waals surface area contributed by atoms with Crippen molar-refractivity contribution in [1.82, 2.24) is 14.8 Å². The predicted molar refractivity (Wildman–Crippen MR) is 118 cm³/mol. The van der Waals surface area contributed by atoms with Crippen LogP contribution in [-0.4, -0.2) is 32.7 Å². The van der Waals surface area contributed by atoms with Crippen LogP contribution >= 0.6 is 23.5 Å². The second kappa shape index (κ2) is 9.61. The first kappa shape index (κ1) is 20.2. The van der Waals surface area contributed by atoms with Gasteiger partial charge >= 0.3 is 0 Å². The van der Waals surface area contributed by atoms with Crippen molar-refractivity contribution in [3.8, 4) is 11.4 Å². The first-order valence-corrected chi connectivity index (χ1v) is 11.0. The van der Waals surface area contributed by atoms with Gasteiger partial charge in [-0.25, -0.2) is 0 Å². The molecule has 1 aromatic heterocycles. The minimum absolute atomic E-state index is 0.0755. The molecule has 1 heterocycles. The molecule has 3 aromatic rings. The van der Waals surface area contributed by atoms with Gasteiger partial charge in [-0.15, -0.1) is 28.5 Å². The maximum atomic E-state index is 12.4. The molecule has 0 bridgehead atoms. The van der Waals surface area contributed by atoms with Crippen molar-refractivity contribution in [1.29, 1.82) is 0 Å². The molecule has 28 heavy (non-hydrogen) atoms. The topological polar surface area (TPSA) is 59.8 Å². The van der Waals surface area contributed by atoms with Crippen molar-refractivity contribution in [3.63, 3.8) is 0 Å². The van der Waals surface area contributed by atoms with E-state index in [1.54, 1.807) is 17.8 Å². The van der Waals surface area contributed by atoms with E-state index in [0.29, 0.717) is 11.7 Å². The molecule has 0 radical (unpaired) electrons. The van der Waals surface area contributed by atoms with Gasteiger partial charge in [-0.3, -0.25) is 9.36 Å². The van der Waals surface area contributed by atoms with Gasteiger partial charge < -0.3 is 5.32 Å². The van der Waals surface area contributed by atoms with Gasteiger partial charge in [-0.1, -0.05) is 47.7 Å². The van der Waals surface area contributed by atoms with Crippen molar-refractivity contribution in [2.45, 2.75) is 23.5 Å². The fourth-order valence-corrected chi connectivity index (χ4v) is 3.92.